The van der Waals surface area contributed by atoms with Crippen molar-refractivity contribution >= 4 is 16.5 Å². The highest BCUT2D eigenvalue weighted by molar-refractivity contribution is 6.00. The van der Waals surface area contributed by atoms with Gasteiger partial charge in [0.05, 0.1) is 0 Å². The minimum absolute atomic E-state index is 0.867. The summed E-state index contributed by atoms with van der Waals surface area (Å²) in [6, 6.07) is 18.9. The molecule has 0 bridgehead atoms. The predicted octanol–water partition coefficient (Wildman–Crippen LogP) is 4.71. The summed E-state index contributed by atoms with van der Waals surface area (Å²) in [5.74, 6) is 0. The fourth-order valence-electron chi connectivity index (χ4n) is 2.57. The average molecular weight is 247 g/mol. The molecule has 1 nitrogen and oxygen atoms in total. The van der Waals surface area contributed by atoms with Crippen molar-refractivity contribution in [2.45, 2.75) is 13.8 Å². The molecule has 0 aliphatic heterocycles. The first-order valence-corrected chi connectivity index (χ1v) is 6.52. The van der Waals surface area contributed by atoms with Crippen LogP contribution in [0.2, 0.25) is 0 Å². The smallest absolute Gasteiger partial charge is 0.0473 e. The van der Waals surface area contributed by atoms with E-state index in [0.717, 1.165) is 16.6 Å². The zero-order chi connectivity index (χ0) is 13.4. The minimum Gasteiger partial charge on any atom is -0.398 e. The van der Waals surface area contributed by atoms with Crippen LogP contribution in [-0.2, 0) is 0 Å². The van der Waals surface area contributed by atoms with Crippen LogP contribution in [0.3, 0.4) is 0 Å². The Morgan fingerprint density at radius 3 is 2.37 bits per heavy atom. The highest BCUT2D eigenvalue weighted by Gasteiger charge is 2.09. The molecule has 3 rings (SSSR count). The number of fused-ring (bicyclic) bond motifs is 1. The molecule has 0 heterocycles. The highest BCUT2D eigenvalue weighted by atomic mass is 14.6. The maximum Gasteiger partial charge on any atom is 0.0473 e. The number of rotatable bonds is 1. The lowest BCUT2D eigenvalue weighted by molar-refractivity contribution is 1.34. The quantitative estimate of drug-likeness (QED) is 0.619. The van der Waals surface area contributed by atoms with Crippen molar-refractivity contribution in [1.82, 2.24) is 0 Å². The number of hydrogen-bond donors (Lipinski definition) is 1. The fraction of sp³-hybridized carbons (Fsp3) is 0.111. The SMILES string of the molecule is Cc1cccc(-c2ccc3ccccc3c2N)c1C. The van der Waals surface area contributed by atoms with E-state index < -0.39 is 0 Å². The lowest BCUT2D eigenvalue weighted by atomic mass is 9.93. The standard InChI is InChI=1S/C18H17N/c1-12-6-5-9-15(13(12)2)17-11-10-14-7-3-4-8-16(14)18(17)19/h3-11H,19H2,1-2H3. The zero-order valence-electron chi connectivity index (χ0n) is 11.3. The van der Waals surface area contributed by atoms with E-state index in [-0.39, 0.29) is 0 Å². The van der Waals surface area contributed by atoms with Gasteiger partial charge >= 0.3 is 0 Å². The van der Waals surface area contributed by atoms with Crippen LogP contribution in [-0.4, -0.2) is 0 Å². The molecule has 3 aromatic carbocycles. The summed E-state index contributed by atoms with van der Waals surface area (Å²) in [5.41, 5.74) is 12.2. The van der Waals surface area contributed by atoms with Crippen molar-refractivity contribution in [3.63, 3.8) is 0 Å². The molecule has 0 unspecified atom stereocenters. The number of nitrogen functional groups attached to an aromatic ring is 1. The van der Waals surface area contributed by atoms with E-state index in [1.54, 1.807) is 0 Å². The summed E-state index contributed by atoms with van der Waals surface area (Å²) in [7, 11) is 0. The van der Waals surface area contributed by atoms with Gasteiger partial charge in [-0.15, -0.1) is 0 Å². The van der Waals surface area contributed by atoms with Crippen LogP contribution < -0.4 is 5.73 Å². The summed E-state index contributed by atoms with van der Waals surface area (Å²) in [5, 5.41) is 2.31. The average Bonchev–Trinajstić information content (AvgIpc) is 2.43. The molecule has 0 fully saturated rings. The number of benzene rings is 3. The van der Waals surface area contributed by atoms with E-state index in [1.165, 1.54) is 22.1 Å². The summed E-state index contributed by atoms with van der Waals surface area (Å²) in [4.78, 5) is 0. The lowest BCUT2D eigenvalue weighted by Gasteiger charge is -2.13. The van der Waals surface area contributed by atoms with Gasteiger partial charge in [0.2, 0.25) is 0 Å². The lowest BCUT2D eigenvalue weighted by Crippen LogP contribution is -1.94. The van der Waals surface area contributed by atoms with Crippen molar-refractivity contribution in [2.75, 3.05) is 5.73 Å². The van der Waals surface area contributed by atoms with Crippen molar-refractivity contribution in [3.05, 3.63) is 65.7 Å². The molecule has 2 N–H and O–H groups in total. The Kier molecular flexibility index (Phi) is 2.75. The van der Waals surface area contributed by atoms with Crippen LogP contribution in [0.1, 0.15) is 11.1 Å². The van der Waals surface area contributed by atoms with E-state index in [2.05, 4.69) is 56.3 Å². The molecule has 0 aliphatic carbocycles. The monoisotopic (exact) mass is 247 g/mol. The molecule has 0 saturated carbocycles. The van der Waals surface area contributed by atoms with Gasteiger partial charge in [-0.3, -0.25) is 0 Å². The topological polar surface area (TPSA) is 26.0 Å². The zero-order valence-corrected chi connectivity index (χ0v) is 11.3. The second kappa shape index (κ2) is 4.43. The van der Waals surface area contributed by atoms with Gasteiger partial charge in [-0.05, 0) is 35.9 Å². The van der Waals surface area contributed by atoms with Crippen LogP contribution >= 0.6 is 0 Å². The third-order valence-corrected chi connectivity index (χ3v) is 3.87. The Morgan fingerprint density at radius 1 is 0.737 bits per heavy atom. The first kappa shape index (κ1) is 11.8. The molecule has 19 heavy (non-hydrogen) atoms. The fourth-order valence-corrected chi connectivity index (χ4v) is 2.57. The van der Waals surface area contributed by atoms with Crippen molar-refractivity contribution in [1.29, 1.82) is 0 Å². The first-order chi connectivity index (χ1) is 9.18. The van der Waals surface area contributed by atoms with Crippen LogP contribution in [0.4, 0.5) is 5.69 Å². The van der Waals surface area contributed by atoms with Gasteiger partial charge in [0.25, 0.3) is 0 Å². The molecule has 1 heteroatoms. The predicted molar refractivity (Wildman–Crippen MR) is 83.3 cm³/mol. The largest absolute Gasteiger partial charge is 0.398 e. The summed E-state index contributed by atoms with van der Waals surface area (Å²) in [6.07, 6.45) is 0. The second-order valence-electron chi connectivity index (χ2n) is 5.00. The van der Waals surface area contributed by atoms with Crippen LogP contribution in [0.15, 0.2) is 54.6 Å². The molecular weight excluding hydrogens is 230 g/mol. The van der Waals surface area contributed by atoms with Gasteiger partial charge in [0.15, 0.2) is 0 Å². The Morgan fingerprint density at radius 2 is 1.53 bits per heavy atom. The van der Waals surface area contributed by atoms with Gasteiger partial charge in [-0.2, -0.15) is 0 Å². The normalized spacial score (nSPS) is 10.8. The molecule has 0 aromatic heterocycles. The van der Waals surface area contributed by atoms with E-state index in [9.17, 15) is 0 Å². The third-order valence-electron chi connectivity index (χ3n) is 3.87. The van der Waals surface area contributed by atoms with E-state index >= 15 is 0 Å². The van der Waals surface area contributed by atoms with Gasteiger partial charge in [-0.1, -0.05) is 54.6 Å². The second-order valence-corrected chi connectivity index (χ2v) is 5.00. The number of nitrogens with two attached hydrogens (primary N) is 1. The van der Waals surface area contributed by atoms with Crippen molar-refractivity contribution < 1.29 is 0 Å². The minimum atomic E-state index is 0.867. The molecule has 3 aromatic rings. The Labute approximate surface area is 113 Å². The van der Waals surface area contributed by atoms with Crippen LogP contribution in [0, 0.1) is 13.8 Å². The summed E-state index contributed by atoms with van der Waals surface area (Å²) >= 11 is 0. The molecule has 0 atom stereocenters. The molecule has 0 aliphatic rings. The summed E-state index contributed by atoms with van der Waals surface area (Å²) < 4.78 is 0. The van der Waals surface area contributed by atoms with Crippen molar-refractivity contribution in [2.24, 2.45) is 0 Å². The molecule has 0 radical (unpaired) electrons. The van der Waals surface area contributed by atoms with Gasteiger partial charge in [0, 0.05) is 16.6 Å². The van der Waals surface area contributed by atoms with Gasteiger partial charge in [-0.25, -0.2) is 0 Å². The summed E-state index contributed by atoms with van der Waals surface area (Å²) in [6.45, 7) is 4.29. The Hall–Kier alpha value is -2.28. The maximum atomic E-state index is 6.37. The van der Waals surface area contributed by atoms with Gasteiger partial charge in [0.1, 0.15) is 0 Å². The number of aryl methyl sites for hydroxylation is 1. The number of anilines is 1. The highest BCUT2D eigenvalue weighted by Crippen LogP contribution is 2.34. The third kappa shape index (κ3) is 1.88. The van der Waals surface area contributed by atoms with Crippen molar-refractivity contribution in [3.8, 4) is 11.1 Å². The number of hydrogen-bond acceptors (Lipinski definition) is 1. The van der Waals surface area contributed by atoms with Crippen LogP contribution in [0.25, 0.3) is 21.9 Å². The molecule has 0 amide bonds. The van der Waals surface area contributed by atoms with Crippen LogP contribution in [0.5, 0.6) is 0 Å². The Bertz CT molecular complexity index is 757. The van der Waals surface area contributed by atoms with Gasteiger partial charge < -0.3 is 5.73 Å². The van der Waals surface area contributed by atoms with E-state index in [1.807, 2.05) is 12.1 Å². The van der Waals surface area contributed by atoms with E-state index in [0.29, 0.717) is 0 Å². The molecular formula is C18H17N. The molecule has 0 spiro atoms. The Balaban J connectivity index is 2.31. The molecule has 0 saturated heterocycles. The maximum absolute atomic E-state index is 6.37. The first-order valence-electron chi connectivity index (χ1n) is 6.52. The van der Waals surface area contributed by atoms with E-state index in [4.69, 9.17) is 5.73 Å². The molecule has 94 valence electrons.